The number of carbonyl (C=O) groups excluding carboxylic acids is 1. The topological polar surface area (TPSA) is 92.2 Å². The summed E-state index contributed by atoms with van der Waals surface area (Å²) in [7, 11) is 0. The first-order valence-electron chi connectivity index (χ1n) is 7.25. The van der Waals surface area contributed by atoms with E-state index in [1.807, 2.05) is 0 Å². The lowest BCUT2D eigenvalue weighted by molar-refractivity contribution is 0.101. The Bertz CT molecular complexity index is 1020. The molecule has 6 heteroatoms. The minimum absolute atomic E-state index is 0.0394. The SMILES string of the molecule is CC(=O)c1ccc(N=Nc2c(O)ccc3c(C)cc(=O)oc23)cc1. The quantitative estimate of drug-likeness (QED) is 0.439. The third-order valence-corrected chi connectivity index (χ3v) is 3.61. The number of rotatable bonds is 3. The average molecular weight is 322 g/mol. The van der Waals surface area contributed by atoms with Gasteiger partial charge in [-0.15, -0.1) is 5.11 Å². The molecule has 2 aromatic carbocycles. The Morgan fingerprint density at radius 1 is 1.08 bits per heavy atom. The third kappa shape index (κ3) is 2.94. The summed E-state index contributed by atoms with van der Waals surface area (Å²) in [6, 6.07) is 11.1. The van der Waals surface area contributed by atoms with Crippen molar-refractivity contribution < 1.29 is 14.3 Å². The number of ketones is 1. The van der Waals surface area contributed by atoms with Crippen LogP contribution in [-0.2, 0) is 0 Å². The molecule has 3 rings (SSSR count). The Morgan fingerprint density at radius 2 is 1.79 bits per heavy atom. The molecule has 0 saturated heterocycles. The van der Waals surface area contributed by atoms with Crippen LogP contribution >= 0.6 is 0 Å². The number of carbonyl (C=O) groups is 1. The molecule has 0 saturated carbocycles. The van der Waals surface area contributed by atoms with Crippen molar-refractivity contribution in [3.05, 3.63) is 64.0 Å². The highest BCUT2D eigenvalue weighted by Gasteiger charge is 2.12. The number of azo groups is 1. The van der Waals surface area contributed by atoms with Crippen LogP contribution in [0, 0.1) is 6.92 Å². The number of nitrogens with zero attached hydrogens (tertiary/aromatic N) is 2. The zero-order chi connectivity index (χ0) is 17.3. The predicted octanol–water partition coefficient (Wildman–Crippen LogP) is 4.43. The first-order valence-corrected chi connectivity index (χ1v) is 7.25. The van der Waals surface area contributed by atoms with Crippen molar-refractivity contribution >= 4 is 28.1 Å². The molecule has 1 aromatic heterocycles. The van der Waals surface area contributed by atoms with E-state index in [1.54, 1.807) is 37.3 Å². The maximum atomic E-state index is 11.6. The van der Waals surface area contributed by atoms with Crippen molar-refractivity contribution in [1.29, 1.82) is 0 Å². The molecule has 0 fully saturated rings. The molecule has 0 spiro atoms. The summed E-state index contributed by atoms with van der Waals surface area (Å²) < 4.78 is 5.18. The van der Waals surface area contributed by atoms with Crippen molar-refractivity contribution in [2.24, 2.45) is 10.2 Å². The van der Waals surface area contributed by atoms with Crippen LogP contribution in [0.2, 0.25) is 0 Å². The summed E-state index contributed by atoms with van der Waals surface area (Å²) in [4.78, 5) is 22.9. The molecular formula is C18H14N2O4. The van der Waals surface area contributed by atoms with Gasteiger partial charge in [-0.3, -0.25) is 4.79 Å². The molecule has 0 radical (unpaired) electrons. The molecule has 1 N–H and O–H groups in total. The summed E-state index contributed by atoms with van der Waals surface area (Å²) in [5.74, 6) is -0.178. The molecule has 3 aromatic rings. The number of phenolic OH excluding ortho intramolecular Hbond substituents is 1. The van der Waals surface area contributed by atoms with E-state index in [-0.39, 0.29) is 22.8 Å². The Hall–Kier alpha value is -3.28. The van der Waals surface area contributed by atoms with Crippen LogP contribution in [0.3, 0.4) is 0 Å². The molecular weight excluding hydrogens is 308 g/mol. The maximum absolute atomic E-state index is 11.6. The minimum atomic E-state index is -0.520. The highest BCUT2D eigenvalue weighted by atomic mass is 16.4. The first-order chi connectivity index (χ1) is 11.5. The Labute approximate surface area is 137 Å². The maximum Gasteiger partial charge on any atom is 0.336 e. The van der Waals surface area contributed by atoms with Crippen LogP contribution in [0.5, 0.6) is 5.75 Å². The van der Waals surface area contributed by atoms with Gasteiger partial charge in [-0.25, -0.2) is 4.79 Å². The van der Waals surface area contributed by atoms with Crippen LogP contribution in [0.25, 0.3) is 11.0 Å². The summed E-state index contributed by atoms with van der Waals surface area (Å²) in [5, 5.41) is 18.8. The van der Waals surface area contributed by atoms with Crippen LogP contribution in [0.15, 0.2) is 61.9 Å². The fourth-order valence-electron chi connectivity index (χ4n) is 2.33. The van der Waals surface area contributed by atoms with E-state index in [2.05, 4.69) is 10.2 Å². The van der Waals surface area contributed by atoms with Gasteiger partial charge in [0.15, 0.2) is 17.1 Å². The predicted molar refractivity (Wildman–Crippen MR) is 89.5 cm³/mol. The number of phenols is 1. The van der Waals surface area contributed by atoms with Gasteiger partial charge in [0.05, 0.1) is 5.69 Å². The molecule has 1 heterocycles. The minimum Gasteiger partial charge on any atom is -0.505 e. The highest BCUT2D eigenvalue weighted by molar-refractivity contribution is 5.94. The second kappa shape index (κ2) is 6.08. The number of benzene rings is 2. The molecule has 0 aliphatic rings. The third-order valence-electron chi connectivity index (χ3n) is 3.61. The fourth-order valence-corrected chi connectivity index (χ4v) is 2.33. The van der Waals surface area contributed by atoms with Crippen molar-refractivity contribution in [2.75, 3.05) is 0 Å². The van der Waals surface area contributed by atoms with Crippen LogP contribution in [-0.4, -0.2) is 10.9 Å². The number of Topliss-reactive ketones (excluding diaryl/α,β-unsaturated/α-hetero) is 1. The number of aryl methyl sites for hydroxylation is 1. The van der Waals surface area contributed by atoms with Crippen LogP contribution in [0.1, 0.15) is 22.8 Å². The van der Waals surface area contributed by atoms with Gasteiger partial charge in [-0.1, -0.05) is 0 Å². The van der Waals surface area contributed by atoms with E-state index in [0.29, 0.717) is 16.6 Å². The lowest BCUT2D eigenvalue weighted by Gasteiger charge is -2.04. The second-order valence-corrected chi connectivity index (χ2v) is 5.36. The van der Waals surface area contributed by atoms with Crippen LogP contribution < -0.4 is 5.63 Å². The van der Waals surface area contributed by atoms with Gasteiger partial charge in [-0.2, -0.15) is 5.11 Å². The standard InChI is InChI=1S/C18H14N2O4/c1-10-9-16(23)24-18-14(10)7-8-15(22)17(18)20-19-13-5-3-12(4-6-13)11(2)21/h3-9,22H,1-2H3. The Morgan fingerprint density at radius 3 is 2.46 bits per heavy atom. The van der Waals surface area contributed by atoms with E-state index in [4.69, 9.17) is 4.42 Å². The average Bonchev–Trinajstić information content (AvgIpc) is 2.54. The Balaban J connectivity index is 2.07. The van der Waals surface area contributed by atoms with Crippen LogP contribution in [0.4, 0.5) is 11.4 Å². The number of hydrogen-bond acceptors (Lipinski definition) is 6. The molecule has 0 aliphatic heterocycles. The number of aromatic hydroxyl groups is 1. The summed E-state index contributed by atoms with van der Waals surface area (Å²) in [6.07, 6.45) is 0. The summed E-state index contributed by atoms with van der Waals surface area (Å²) in [6.45, 7) is 3.26. The molecule has 120 valence electrons. The number of fused-ring (bicyclic) bond motifs is 1. The van der Waals surface area contributed by atoms with Crippen molar-refractivity contribution in [1.82, 2.24) is 0 Å². The van der Waals surface area contributed by atoms with Gasteiger partial charge in [0.1, 0.15) is 5.75 Å². The fraction of sp³-hybridized carbons (Fsp3) is 0.111. The van der Waals surface area contributed by atoms with E-state index in [0.717, 1.165) is 5.56 Å². The normalized spacial score (nSPS) is 11.2. The molecule has 0 unspecified atom stereocenters. The monoisotopic (exact) mass is 322 g/mol. The van der Waals surface area contributed by atoms with E-state index < -0.39 is 5.63 Å². The molecule has 0 atom stereocenters. The smallest absolute Gasteiger partial charge is 0.336 e. The zero-order valence-corrected chi connectivity index (χ0v) is 13.1. The van der Waals surface area contributed by atoms with Gasteiger partial charge in [0.2, 0.25) is 0 Å². The lowest BCUT2D eigenvalue weighted by Crippen LogP contribution is -1.97. The first kappa shape index (κ1) is 15.6. The van der Waals surface area contributed by atoms with E-state index >= 15 is 0 Å². The largest absolute Gasteiger partial charge is 0.505 e. The van der Waals surface area contributed by atoms with Crippen molar-refractivity contribution in [2.45, 2.75) is 13.8 Å². The van der Waals surface area contributed by atoms with Gasteiger partial charge in [0, 0.05) is 17.0 Å². The molecule has 24 heavy (non-hydrogen) atoms. The van der Waals surface area contributed by atoms with Crippen molar-refractivity contribution in [3.8, 4) is 5.75 Å². The summed E-state index contributed by atoms with van der Waals surface area (Å²) >= 11 is 0. The van der Waals surface area contributed by atoms with E-state index in [1.165, 1.54) is 19.1 Å². The van der Waals surface area contributed by atoms with Gasteiger partial charge in [0.25, 0.3) is 0 Å². The van der Waals surface area contributed by atoms with Gasteiger partial charge < -0.3 is 9.52 Å². The Kier molecular flexibility index (Phi) is 3.95. The highest BCUT2D eigenvalue weighted by Crippen LogP contribution is 2.36. The second-order valence-electron chi connectivity index (χ2n) is 5.36. The zero-order valence-electron chi connectivity index (χ0n) is 13.1. The lowest BCUT2D eigenvalue weighted by atomic mass is 10.1. The number of hydrogen-bond donors (Lipinski definition) is 1. The van der Waals surface area contributed by atoms with Gasteiger partial charge >= 0.3 is 5.63 Å². The van der Waals surface area contributed by atoms with Crippen molar-refractivity contribution in [3.63, 3.8) is 0 Å². The molecule has 0 bridgehead atoms. The van der Waals surface area contributed by atoms with Gasteiger partial charge in [-0.05, 0) is 55.8 Å². The molecule has 0 aliphatic carbocycles. The molecule has 6 nitrogen and oxygen atoms in total. The summed E-state index contributed by atoms with van der Waals surface area (Å²) in [5.41, 5.74) is 1.56. The van der Waals surface area contributed by atoms with E-state index in [9.17, 15) is 14.7 Å². The molecule has 0 amide bonds.